The van der Waals surface area contributed by atoms with Gasteiger partial charge in [0.25, 0.3) is 5.91 Å². The fourth-order valence-corrected chi connectivity index (χ4v) is 0.402. The Bertz CT molecular complexity index is 93.9. The third-order valence-corrected chi connectivity index (χ3v) is 0.563. The SMILES string of the molecule is C[N+](C)(N)CC(N)=O. The summed E-state index contributed by atoms with van der Waals surface area (Å²) in [5, 5.41) is 0. The summed E-state index contributed by atoms with van der Waals surface area (Å²) in [5.41, 5.74) is 4.84. The number of hydrogen-bond donors (Lipinski definition) is 2. The maximum atomic E-state index is 10.1. The van der Waals surface area contributed by atoms with Crippen molar-refractivity contribution in [2.45, 2.75) is 0 Å². The van der Waals surface area contributed by atoms with Crippen LogP contribution in [0.4, 0.5) is 0 Å². The van der Waals surface area contributed by atoms with E-state index in [0.29, 0.717) is 0 Å². The first kappa shape index (κ1) is 7.39. The Hall–Kier alpha value is -0.610. The van der Waals surface area contributed by atoms with Crippen LogP contribution in [0, 0.1) is 0 Å². The molecule has 1 amide bonds. The van der Waals surface area contributed by atoms with E-state index in [0.717, 1.165) is 0 Å². The van der Waals surface area contributed by atoms with Gasteiger partial charge in [0.1, 0.15) is 0 Å². The molecule has 8 heavy (non-hydrogen) atoms. The molecule has 48 valence electrons. The van der Waals surface area contributed by atoms with E-state index in [1.54, 1.807) is 14.1 Å². The third-order valence-electron chi connectivity index (χ3n) is 0.563. The van der Waals surface area contributed by atoms with Gasteiger partial charge in [0.2, 0.25) is 0 Å². The van der Waals surface area contributed by atoms with Crippen molar-refractivity contribution in [1.29, 1.82) is 0 Å². The molecule has 0 saturated heterocycles. The van der Waals surface area contributed by atoms with E-state index in [-0.39, 0.29) is 17.0 Å². The van der Waals surface area contributed by atoms with Crippen LogP contribution in [0.15, 0.2) is 0 Å². The van der Waals surface area contributed by atoms with Crippen LogP contribution in [0.5, 0.6) is 0 Å². The van der Waals surface area contributed by atoms with E-state index in [4.69, 9.17) is 11.6 Å². The zero-order valence-corrected chi connectivity index (χ0v) is 5.22. The molecule has 0 aliphatic rings. The Kier molecular flexibility index (Phi) is 1.94. The summed E-state index contributed by atoms with van der Waals surface area (Å²) in [6.07, 6.45) is 0. The molecule has 4 heteroatoms. The quantitative estimate of drug-likeness (QED) is 0.261. The highest BCUT2D eigenvalue weighted by atomic mass is 16.1. The average molecular weight is 118 g/mol. The van der Waals surface area contributed by atoms with E-state index in [9.17, 15) is 4.79 Å². The monoisotopic (exact) mass is 118 g/mol. The molecule has 0 aliphatic heterocycles. The lowest BCUT2D eigenvalue weighted by Crippen LogP contribution is -2.51. The van der Waals surface area contributed by atoms with E-state index in [2.05, 4.69) is 0 Å². The Labute approximate surface area is 48.6 Å². The van der Waals surface area contributed by atoms with Crippen molar-refractivity contribution >= 4 is 5.91 Å². The number of carbonyl (C=O) groups excluding carboxylic acids is 1. The highest BCUT2D eigenvalue weighted by Crippen LogP contribution is 1.79. The summed E-state index contributed by atoms with van der Waals surface area (Å²) in [7, 11) is 3.40. The van der Waals surface area contributed by atoms with Crippen molar-refractivity contribution in [2.75, 3.05) is 20.6 Å². The number of hydrogen-bond acceptors (Lipinski definition) is 2. The number of nitrogens with two attached hydrogens (primary N) is 2. The highest BCUT2D eigenvalue weighted by Gasteiger charge is 2.10. The van der Waals surface area contributed by atoms with E-state index < -0.39 is 0 Å². The predicted octanol–water partition coefficient (Wildman–Crippen LogP) is -1.58. The molecule has 4 N–H and O–H groups in total. The lowest BCUT2D eigenvalue weighted by molar-refractivity contribution is -0.894. The molecule has 0 bridgehead atoms. The molecule has 0 radical (unpaired) electrons. The van der Waals surface area contributed by atoms with Gasteiger partial charge < -0.3 is 5.73 Å². The van der Waals surface area contributed by atoms with Gasteiger partial charge in [-0.25, -0.2) is 4.59 Å². The number of nitrogens with zero attached hydrogens (tertiary/aromatic N) is 1. The number of amides is 1. The first-order valence-electron chi connectivity index (χ1n) is 2.32. The lowest BCUT2D eigenvalue weighted by atomic mass is 10.5. The summed E-state index contributed by atoms with van der Waals surface area (Å²) < 4.78 is 0.106. The molecule has 0 rings (SSSR count). The molecule has 0 unspecified atom stereocenters. The van der Waals surface area contributed by atoms with Crippen molar-refractivity contribution in [3.8, 4) is 0 Å². The molecular formula is C4H12N3O+. The normalized spacial score (nSPS) is 11.4. The minimum atomic E-state index is -0.377. The molecule has 0 aliphatic carbocycles. The van der Waals surface area contributed by atoms with Crippen LogP contribution in [0.1, 0.15) is 0 Å². The van der Waals surface area contributed by atoms with E-state index >= 15 is 0 Å². The molecule has 0 aromatic rings. The van der Waals surface area contributed by atoms with Gasteiger partial charge in [0.15, 0.2) is 6.54 Å². The summed E-state index contributed by atoms with van der Waals surface area (Å²) in [5.74, 6) is 5.00. The highest BCUT2D eigenvalue weighted by molar-refractivity contribution is 5.74. The van der Waals surface area contributed by atoms with Crippen LogP contribution in [0.25, 0.3) is 0 Å². The lowest BCUT2D eigenvalue weighted by Gasteiger charge is -2.19. The molecule has 0 aromatic heterocycles. The first-order valence-corrected chi connectivity index (χ1v) is 2.32. The van der Waals surface area contributed by atoms with Gasteiger partial charge in [-0.05, 0) is 0 Å². The minimum Gasteiger partial charge on any atom is -0.365 e. The van der Waals surface area contributed by atoms with Gasteiger partial charge >= 0.3 is 0 Å². The van der Waals surface area contributed by atoms with Crippen LogP contribution < -0.4 is 11.6 Å². The zero-order chi connectivity index (χ0) is 6.78. The number of primary amides is 1. The van der Waals surface area contributed by atoms with Crippen molar-refractivity contribution in [3.63, 3.8) is 0 Å². The van der Waals surface area contributed by atoms with Crippen molar-refractivity contribution in [3.05, 3.63) is 0 Å². The van der Waals surface area contributed by atoms with Crippen molar-refractivity contribution in [1.82, 2.24) is 0 Å². The summed E-state index contributed by atoms with van der Waals surface area (Å²) >= 11 is 0. The maximum Gasteiger partial charge on any atom is 0.274 e. The van der Waals surface area contributed by atoms with Gasteiger partial charge in [-0.15, -0.1) is 0 Å². The Morgan fingerprint density at radius 1 is 1.62 bits per heavy atom. The van der Waals surface area contributed by atoms with Gasteiger partial charge in [0.05, 0.1) is 14.1 Å². The van der Waals surface area contributed by atoms with Crippen LogP contribution in [0.3, 0.4) is 0 Å². The maximum absolute atomic E-state index is 10.1. The fourth-order valence-electron chi connectivity index (χ4n) is 0.402. The fraction of sp³-hybridized carbons (Fsp3) is 0.750. The number of likely N-dealkylation sites (N-methyl/N-ethyl adjacent to an activating group) is 1. The standard InChI is InChI=1S/C4H11N3O/c1-7(2,6)3-4(5)8/h3,6H2,1-2H3,(H-,5,8)/p+1. The van der Waals surface area contributed by atoms with E-state index in [1.807, 2.05) is 0 Å². The Morgan fingerprint density at radius 2 is 2.00 bits per heavy atom. The molecular weight excluding hydrogens is 106 g/mol. The molecule has 0 aromatic carbocycles. The van der Waals surface area contributed by atoms with Crippen molar-refractivity contribution in [2.24, 2.45) is 11.6 Å². The number of quaternary nitrogens is 1. The summed E-state index contributed by atoms with van der Waals surface area (Å²) in [6, 6.07) is 0. The second-order valence-electron chi connectivity index (χ2n) is 2.40. The summed E-state index contributed by atoms with van der Waals surface area (Å²) in [6.45, 7) is 0.181. The second-order valence-corrected chi connectivity index (χ2v) is 2.40. The first-order chi connectivity index (χ1) is 3.42. The van der Waals surface area contributed by atoms with Gasteiger partial charge in [-0.1, -0.05) is 0 Å². The summed E-state index contributed by atoms with van der Waals surface area (Å²) in [4.78, 5) is 10.1. The predicted molar refractivity (Wildman–Crippen MR) is 30.4 cm³/mol. The van der Waals surface area contributed by atoms with Gasteiger partial charge in [-0.3, -0.25) is 4.79 Å². The third kappa shape index (κ3) is 5.39. The smallest absolute Gasteiger partial charge is 0.274 e. The van der Waals surface area contributed by atoms with Crippen LogP contribution in [-0.2, 0) is 4.79 Å². The van der Waals surface area contributed by atoms with Crippen molar-refractivity contribution < 1.29 is 9.39 Å². The largest absolute Gasteiger partial charge is 0.365 e. The molecule has 0 saturated carbocycles. The molecule has 4 nitrogen and oxygen atoms in total. The Morgan fingerprint density at radius 3 is 2.00 bits per heavy atom. The number of carbonyl (C=O) groups is 1. The number of rotatable bonds is 2. The van der Waals surface area contributed by atoms with Crippen LogP contribution in [0.2, 0.25) is 0 Å². The zero-order valence-electron chi connectivity index (χ0n) is 5.22. The molecule has 0 heterocycles. The van der Waals surface area contributed by atoms with Crippen LogP contribution >= 0.6 is 0 Å². The topological polar surface area (TPSA) is 69.1 Å². The van der Waals surface area contributed by atoms with Gasteiger partial charge in [-0.2, -0.15) is 5.84 Å². The second kappa shape index (κ2) is 2.11. The molecule has 0 atom stereocenters. The molecule has 0 fully saturated rings. The van der Waals surface area contributed by atoms with Crippen LogP contribution in [-0.4, -0.2) is 31.1 Å². The Balaban J connectivity index is 3.55. The average Bonchev–Trinajstić information content (AvgIpc) is 1.21. The molecule has 0 spiro atoms. The van der Waals surface area contributed by atoms with E-state index in [1.165, 1.54) is 0 Å². The van der Waals surface area contributed by atoms with Gasteiger partial charge in [0, 0.05) is 0 Å². The minimum absolute atomic E-state index is 0.106.